The van der Waals surface area contributed by atoms with Crippen molar-refractivity contribution >= 4 is 38.1 Å². The smallest absolute Gasteiger partial charge is 0.335 e. The Hall–Kier alpha value is -1.92. The number of hydrogen-bond donors (Lipinski definition) is 1. The number of fused-ring (bicyclic) bond motifs is 1. The number of carboxylic acid groups (broad SMARTS) is 1. The van der Waals surface area contributed by atoms with Crippen LogP contribution in [0.1, 0.15) is 27.0 Å². The zero-order valence-electron chi connectivity index (χ0n) is 15.7. The molecule has 2 aromatic rings. The average molecular weight is 367 g/mol. The van der Waals surface area contributed by atoms with E-state index < -0.39 is 22.1 Å². The molecule has 2 aromatic carbocycles. The lowest BCUT2D eigenvalue weighted by molar-refractivity contribution is 0.0697. The predicted molar refractivity (Wildman–Crippen MR) is 112 cm³/mol. The highest BCUT2D eigenvalue weighted by Gasteiger charge is 2.44. The summed E-state index contributed by atoms with van der Waals surface area (Å²) in [5.74, 6) is -0.897. The third-order valence-electron chi connectivity index (χ3n) is 5.51. The topological polar surface area (TPSA) is 37.3 Å². The fourth-order valence-corrected chi connectivity index (χ4v) is 19.6. The van der Waals surface area contributed by atoms with Crippen molar-refractivity contribution in [1.29, 1.82) is 0 Å². The minimum absolute atomic E-state index is 0.309. The normalized spacial score (nSPS) is 17.2. The monoisotopic (exact) mass is 366 g/mol. The Morgan fingerprint density at radius 2 is 1.44 bits per heavy atom. The molecule has 4 heteroatoms. The molecule has 1 aliphatic rings. The number of aryl methyl sites for hydroxylation is 1. The van der Waals surface area contributed by atoms with Crippen LogP contribution in [0.15, 0.2) is 43.0 Å². The van der Waals surface area contributed by atoms with Gasteiger partial charge in [-0.1, -0.05) is 73.1 Å². The van der Waals surface area contributed by atoms with E-state index in [4.69, 9.17) is 5.11 Å². The Balaban J connectivity index is 2.07. The summed E-state index contributed by atoms with van der Waals surface area (Å²) < 4.78 is 0. The molecule has 0 aliphatic carbocycles. The van der Waals surface area contributed by atoms with E-state index in [1.54, 1.807) is 22.5 Å². The van der Waals surface area contributed by atoms with Gasteiger partial charge in [-0.05, 0) is 41.3 Å². The van der Waals surface area contributed by atoms with E-state index >= 15 is 0 Å². The van der Waals surface area contributed by atoms with E-state index in [0.717, 1.165) is 11.1 Å². The molecule has 2 nitrogen and oxygen atoms in total. The zero-order chi connectivity index (χ0) is 18.6. The molecule has 0 saturated heterocycles. The van der Waals surface area contributed by atoms with E-state index in [1.807, 2.05) is 12.1 Å². The second kappa shape index (κ2) is 5.82. The minimum atomic E-state index is -1.38. The predicted octanol–water partition coefficient (Wildman–Crippen LogP) is 4.14. The Labute approximate surface area is 152 Å². The first kappa shape index (κ1) is 17.9. The lowest BCUT2D eigenvalue weighted by atomic mass is 9.95. The van der Waals surface area contributed by atoms with Gasteiger partial charge in [0.1, 0.15) is 0 Å². The lowest BCUT2D eigenvalue weighted by Gasteiger charge is -2.19. The molecule has 0 amide bonds. The molecule has 0 bridgehead atoms. The van der Waals surface area contributed by atoms with E-state index in [0.29, 0.717) is 5.56 Å². The number of aromatic carboxylic acids is 1. The van der Waals surface area contributed by atoms with Crippen LogP contribution in [-0.2, 0) is 0 Å². The third kappa shape index (κ3) is 3.05. The molecule has 1 N–H and O–H groups in total. The summed E-state index contributed by atoms with van der Waals surface area (Å²) in [7, 11) is -2.70. The number of benzene rings is 2. The quantitative estimate of drug-likeness (QED) is 0.829. The summed E-state index contributed by atoms with van der Waals surface area (Å²) in [4.78, 5) is 11.1. The van der Waals surface area contributed by atoms with Crippen molar-refractivity contribution in [3.05, 3.63) is 65.2 Å². The first-order valence-corrected chi connectivity index (χ1v) is 15.1. The maximum Gasteiger partial charge on any atom is 0.335 e. The Bertz CT molecular complexity index is 878. The van der Waals surface area contributed by atoms with Gasteiger partial charge in [0.15, 0.2) is 0 Å². The maximum absolute atomic E-state index is 11.1. The SMILES string of the molecule is C=C(c1ccc(C(=O)O)cc1)c1cc2c(cc1C)[Si](C)(C)C[Si]2(C)C. The van der Waals surface area contributed by atoms with Crippen molar-refractivity contribution in [3.63, 3.8) is 0 Å². The standard InChI is InChI=1S/C21H26O2Si2/c1-14-11-19-20(25(5,6)13-24(19,3)4)12-18(14)15(2)16-7-9-17(10-8-16)21(22)23/h7-12H,2,13H2,1,3-6H3,(H,22,23). The summed E-state index contributed by atoms with van der Waals surface area (Å²) in [6.07, 6.45) is 0. The van der Waals surface area contributed by atoms with Gasteiger partial charge in [-0.25, -0.2) is 4.79 Å². The highest BCUT2D eigenvalue weighted by Crippen LogP contribution is 2.30. The highest BCUT2D eigenvalue weighted by atomic mass is 28.4. The van der Waals surface area contributed by atoms with Crippen LogP contribution in [0.4, 0.5) is 0 Å². The molecule has 0 radical (unpaired) electrons. The fraction of sp³-hybridized carbons (Fsp3) is 0.286. The van der Waals surface area contributed by atoms with Gasteiger partial charge in [-0.2, -0.15) is 0 Å². The molecule has 0 atom stereocenters. The molecule has 0 unspecified atom stereocenters. The van der Waals surface area contributed by atoms with Crippen LogP contribution < -0.4 is 10.4 Å². The first-order valence-electron chi connectivity index (χ1n) is 8.71. The second-order valence-electron chi connectivity index (χ2n) is 8.52. The number of carboxylic acids is 1. The third-order valence-corrected chi connectivity index (χ3v) is 16.6. The largest absolute Gasteiger partial charge is 0.478 e. The minimum Gasteiger partial charge on any atom is -0.478 e. The molecular weight excluding hydrogens is 340 g/mol. The van der Waals surface area contributed by atoms with E-state index in [2.05, 4.69) is 51.8 Å². The first-order chi connectivity index (χ1) is 11.5. The zero-order valence-corrected chi connectivity index (χ0v) is 17.7. The maximum atomic E-state index is 11.1. The Morgan fingerprint density at radius 1 is 0.960 bits per heavy atom. The molecule has 0 spiro atoms. The van der Waals surface area contributed by atoms with Crippen molar-refractivity contribution in [2.45, 2.75) is 38.8 Å². The van der Waals surface area contributed by atoms with Crippen molar-refractivity contribution in [2.24, 2.45) is 0 Å². The molecule has 1 aliphatic heterocycles. The van der Waals surface area contributed by atoms with Crippen LogP contribution in [0, 0.1) is 6.92 Å². The number of carbonyl (C=O) groups is 1. The van der Waals surface area contributed by atoms with Gasteiger partial charge in [-0.3, -0.25) is 0 Å². The Morgan fingerprint density at radius 3 is 1.96 bits per heavy atom. The van der Waals surface area contributed by atoms with Crippen molar-refractivity contribution in [2.75, 3.05) is 0 Å². The summed E-state index contributed by atoms with van der Waals surface area (Å²) in [5, 5.41) is 12.3. The summed E-state index contributed by atoms with van der Waals surface area (Å²) in [6.45, 7) is 16.4. The molecule has 130 valence electrons. The molecule has 3 rings (SSSR count). The van der Waals surface area contributed by atoms with E-state index in [1.165, 1.54) is 16.8 Å². The van der Waals surface area contributed by atoms with Gasteiger partial charge in [0, 0.05) is 0 Å². The van der Waals surface area contributed by atoms with Crippen LogP contribution in [0.25, 0.3) is 5.57 Å². The van der Waals surface area contributed by atoms with Gasteiger partial charge < -0.3 is 5.11 Å². The van der Waals surface area contributed by atoms with Crippen LogP contribution in [-0.4, -0.2) is 27.2 Å². The summed E-state index contributed by atoms with van der Waals surface area (Å²) >= 11 is 0. The highest BCUT2D eigenvalue weighted by molar-refractivity contribution is 7.14. The molecule has 0 saturated carbocycles. The average Bonchev–Trinajstić information content (AvgIpc) is 2.70. The van der Waals surface area contributed by atoms with Gasteiger partial charge in [0.05, 0.1) is 21.7 Å². The van der Waals surface area contributed by atoms with Gasteiger partial charge >= 0.3 is 5.97 Å². The Kier molecular flexibility index (Phi) is 4.16. The molecular formula is C21H26O2Si2. The van der Waals surface area contributed by atoms with Crippen LogP contribution >= 0.6 is 0 Å². The summed E-state index contributed by atoms with van der Waals surface area (Å²) in [6, 6.07) is 11.8. The van der Waals surface area contributed by atoms with Crippen molar-refractivity contribution < 1.29 is 9.90 Å². The molecule has 1 heterocycles. The van der Waals surface area contributed by atoms with E-state index in [-0.39, 0.29) is 0 Å². The van der Waals surface area contributed by atoms with Crippen molar-refractivity contribution in [1.82, 2.24) is 0 Å². The molecule has 0 fully saturated rings. The van der Waals surface area contributed by atoms with Crippen LogP contribution in [0.5, 0.6) is 0 Å². The molecule has 0 aromatic heterocycles. The van der Waals surface area contributed by atoms with Crippen LogP contribution in [0.3, 0.4) is 0 Å². The number of hydrogen-bond acceptors (Lipinski definition) is 1. The lowest BCUT2D eigenvalue weighted by Crippen LogP contribution is -2.44. The second-order valence-corrected chi connectivity index (χ2v) is 18.5. The number of rotatable bonds is 3. The van der Waals surface area contributed by atoms with Gasteiger partial charge in [0.25, 0.3) is 0 Å². The van der Waals surface area contributed by atoms with Crippen LogP contribution in [0.2, 0.25) is 31.9 Å². The van der Waals surface area contributed by atoms with Gasteiger partial charge in [0.2, 0.25) is 0 Å². The van der Waals surface area contributed by atoms with E-state index in [9.17, 15) is 4.79 Å². The van der Waals surface area contributed by atoms with Gasteiger partial charge in [-0.15, -0.1) is 0 Å². The molecule has 25 heavy (non-hydrogen) atoms. The fourth-order valence-electron chi connectivity index (χ4n) is 4.42. The van der Waals surface area contributed by atoms with Crippen molar-refractivity contribution in [3.8, 4) is 0 Å². The summed E-state index contributed by atoms with van der Waals surface area (Å²) in [5.41, 5.74) is 6.17.